The van der Waals surface area contributed by atoms with E-state index in [-0.39, 0.29) is 19.0 Å². The highest BCUT2D eigenvalue weighted by Crippen LogP contribution is 2.30. The van der Waals surface area contributed by atoms with Gasteiger partial charge in [-0.05, 0) is 57.0 Å². The Balaban J connectivity index is 1.45. The van der Waals surface area contributed by atoms with Crippen LogP contribution in [0.5, 0.6) is 0 Å². The molecule has 7 nitrogen and oxygen atoms in total. The van der Waals surface area contributed by atoms with E-state index >= 15 is 0 Å². The van der Waals surface area contributed by atoms with Gasteiger partial charge < -0.3 is 9.42 Å². The van der Waals surface area contributed by atoms with E-state index in [1.165, 1.54) is 4.31 Å². The van der Waals surface area contributed by atoms with Crippen molar-refractivity contribution in [3.8, 4) is 0 Å². The second-order valence-electron chi connectivity index (χ2n) is 8.55. The number of amides is 1. The number of aryl methyl sites for hydroxylation is 4. The number of sulfonamides is 1. The highest BCUT2D eigenvalue weighted by atomic mass is 32.2. The molecule has 4 rings (SSSR count). The Morgan fingerprint density at radius 3 is 2.41 bits per heavy atom. The molecule has 1 aliphatic heterocycles. The summed E-state index contributed by atoms with van der Waals surface area (Å²) in [6.07, 6.45) is 0. The second kappa shape index (κ2) is 9.93. The van der Waals surface area contributed by atoms with Crippen LogP contribution in [0, 0.1) is 27.7 Å². The highest BCUT2D eigenvalue weighted by molar-refractivity contribution is 7.98. The van der Waals surface area contributed by atoms with Gasteiger partial charge in [0.25, 0.3) is 5.91 Å². The molecule has 1 aliphatic rings. The Bertz CT molecular complexity index is 1290. The first kappa shape index (κ1) is 24.5. The van der Waals surface area contributed by atoms with Crippen molar-refractivity contribution >= 4 is 27.7 Å². The van der Waals surface area contributed by atoms with Crippen molar-refractivity contribution in [3.05, 3.63) is 76.2 Å². The third-order valence-corrected chi connectivity index (χ3v) is 9.30. The molecule has 0 spiro atoms. The molecule has 0 atom stereocenters. The summed E-state index contributed by atoms with van der Waals surface area (Å²) in [6, 6.07) is 13.0. The summed E-state index contributed by atoms with van der Waals surface area (Å²) >= 11 is 1.58. The molecule has 1 saturated heterocycles. The third kappa shape index (κ3) is 4.92. The number of benzene rings is 2. The summed E-state index contributed by atoms with van der Waals surface area (Å²) < 4.78 is 33.2. The van der Waals surface area contributed by atoms with Crippen molar-refractivity contribution in [2.45, 2.75) is 43.2 Å². The van der Waals surface area contributed by atoms with Gasteiger partial charge in [0.15, 0.2) is 0 Å². The van der Waals surface area contributed by atoms with Gasteiger partial charge >= 0.3 is 0 Å². The maximum Gasteiger partial charge on any atom is 0.255 e. The fourth-order valence-corrected chi connectivity index (χ4v) is 6.98. The lowest BCUT2D eigenvalue weighted by Gasteiger charge is -2.34. The van der Waals surface area contributed by atoms with E-state index in [4.69, 9.17) is 4.52 Å². The summed E-state index contributed by atoms with van der Waals surface area (Å²) in [5.41, 5.74) is 4.16. The largest absolute Gasteiger partial charge is 0.361 e. The third-order valence-electron chi connectivity index (χ3n) is 6.16. The minimum Gasteiger partial charge on any atom is -0.361 e. The monoisotopic (exact) mass is 499 g/mol. The van der Waals surface area contributed by atoms with E-state index in [1.807, 2.05) is 64.1 Å². The van der Waals surface area contributed by atoms with Crippen LogP contribution in [-0.4, -0.2) is 54.9 Å². The Labute approximate surface area is 205 Å². The van der Waals surface area contributed by atoms with Gasteiger partial charge in [-0.2, -0.15) is 4.31 Å². The standard InChI is InChI=1S/C25H29N3O4S2/c1-17-9-10-18(2)24(15-17)34(30,31)28-13-11-27(12-14-28)25(29)21-7-5-6-8-23(21)33-16-22-19(3)26-32-20(22)4/h5-10,15H,11-14,16H2,1-4H3. The van der Waals surface area contributed by atoms with Crippen LogP contribution < -0.4 is 0 Å². The van der Waals surface area contributed by atoms with Gasteiger partial charge in [0.1, 0.15) is 5.76 Å². The number of rotatable bonds is 6. The molecule has 9 heteroatoms. The predicted molar refractivity (Wildman–Crippen MR) is 133 cm³/mol. The van der Waals surface area contributed by atoms with Crippen LogP contribution in [-0.2, 0) is 15.8 Å². The zero-order valence-electron chi connectivity index (χ0n) is 19.9. The van der Waals surface area contributed by atoms with Gasteiger partial charge in [-0.25, -0.2) is 8.42 Å². The zero-order chi connectivity index (χ0) is 24.5. The average Bonchev–Trinajstić information content (AvgIpc) is 3.16. The molecule has 2 aromatic carbocycles. The lowest BCUT2D eigenvalue weighted by atomic mass is 10.2. The molecule has 2 heterocycles. The molecular weight excluding hydrogens is 470 g/mol. The highest BCUT2D eigenvalue weighted by Gasteiger charge is 2.32. The Morgan fingerprint density at radius 1 is 1.03 bits per heavy atom. The quantitative estimate of drug-likeness (QED) is 0.469. The molecule has 0 radical (unpaired) electrons. The first-order valence-corrected chi connectivity index (χ1v) is 13.6. The number of hydrogen-bond acceptors (Lipinski definition) is 6. The van der Waals surface area contributed by atoms with Gasteiger partial charge in [0, 0.05) is 42.4 Å². The van der Waals surface area contributed by atoms with Gasteiger partial charge in [-0.1, -0.05) is 29.4 Å². The summed E-state index contributed by atoms with van der Waals surface area (Å²) in [5.74, 6) is 1.37. The maximum absolute atomic E-state index is 13.4. The molecule has 0 N–H and O–H groups in total. The molecule has 0 unspecified atom stereocenters. The first-order valence-electron chi connectivity index (χ1n) is 11.2. The molecular formula is C25H29N3O4S2. The minimum absolute atomic E-state index is 0.0781. The van der Waals surface area contributed by atoms with E-state index < -0.39 is 10.0 Å². The molecule has 34 heavy (non-hydrogen) atoms. The van der Waals surface area contributed by atoms with Crippen LogP contribution in [0.15, 0.2) is 56.8 Å². The van der Waals surface area contributed by atoms with Crippen molar-refractivity contribution in [2.75, 3.05) is 26.2 Å². The van der Waals surface area contributed by atoms with Crippen LogP contribution in [0.3, 0.4) is 0 Å². The van der Waals surface area contributed by atoms with E-state index in [0.717, 1.165) is 33.0 Å². The van der Waals surface area contributed by atoms with E-state index in [2.05, 4.69) is 5.16 Å². The van der Waals surface area contributed by atoms with Gasteiger partial charge in [-0.3, -0.25) is 4.79 Å². The fraction of sp³-hybridized carbons (Fsp3) is 0.360. The van der Waals surface area contributed by atoms with Crippen molar-refractivity contribution in [2.24, 2.45) is 0 Å². The summed E-state index contributed by atoms with van der Waals surface area (Å²) in [7, 11) is -3.60. The Hall–Kier alpha value is -2.62. The zero-order valence-corrected chi connectivity index (χ0v) is 21.5. The van der Waals surface area contributed by atoms with Gasteiger partial charge in [0.2, 0.25) is 10.0 Å². The van der Waals surface area contributed by atoms with Gasteiger partial charge in [0.05, 0.1) is 16.2 Å². The fourth-order valence-electron chi connectivity index (χ4n) is 4.05. The number of nitrogens with zero attached hydrogens (tertiary/aromatic N) is 3. The Kier molecular flexibility index (Phi) is 7.16. The van der Waals surface area contributed by atoms with Crippen molar-refractivity contribution in [3.63, 3.8) is 0 Å². The SMILES string of the molecule is Cc1ccc(C)c(S(=O)(=O)N2CCN(C(=O)c3ccccc3SCc3c(C)noc3C)CC2)c1. The predicted octanol–water partition coefficient (Wildman–Crippen LogP) is 4.35. The number of hydrogen-bond donors (Lipinski definition) is 0. The summed E-state index contributed by atoms with van der Waals surface area (Å²) in [6.45, 7) is 8.75. The molecule has 0 saturated carbocycles. The second-order valence-corrected chi connectivity index (χ2v) is 11.5. The lowest BCUT2D eigenvalue weighted by molar-refractivity contribution is 0.0694. The molecule has 180 valence electrons. The first-order chi connectivity index (χ1) is 16.2. The summed E-state index contributed by atoms with van der Waals surface area (Å²) in [5, 5.41) is 4.00. The molecule has 3 aromatic rings. The average molecular weight is 500 g/mol. The molecule has 0 bridgehead atoms. The molecule has 1 amide bonds. The number of carbonyl (C=O) groups is 1. The summed E-state index contributed by atoms with van der Waals surface area (Å²) in [4.78, 5) is 16.3. The number of thioether (sulfide) groups is 1. The lowest BCUT2D eigenvalue weighted by Crippen LogP contribution is -2.50. The van der Waals surface area contributed by atoms with Crippen LogP contribution in [0.25, 0.3) is 0 Å². The minimum atomic E-state index is -3.60. The van der Waals surface area contributed by atoms with Crippen LogP contribution in [0.1, 0.15) is 38.5 Å². The van der Waals surface area contributed by atoms with E-state index in [0.29, 0.717) is 29.3 Å². The van der Waals surface area contributed by atoms with Crippen molar-refractivity contribution in [1.82, 2.24) is 14.4 Å². The van der Waals surface area contributed by atoms with Gasteiger partial charge in [-0.15, -0.1) is 11.8 Å². The van der Waals surface area contributed by atoms with E-state index in [9.17, 15) is 13.2 Å². The number of carbonyl (C=O) groups excluding carboxylic acids is 1. The van der Waals surface area contributed by atoms with E-state index in [1.54, 1.807) is 22.7 Å². The molecule has 1 fully saturated rings. The molecule has 0 aliphatic carbocycles. The normalized spacial score (nSPS) is 15.0. The van der Waals surface area contributed by atoms with Crippen molar-refractivity contribution in [1.29, 1.82) is 0 Å². The number of piperazine rings is 1. The Morgan fingerprint density at radius 2 is 1.74 bits per heavy atom. The molecule has 1 aromatic heterocycles. The van der Waals surface area contributed by atoms with Crippen LogP contribution in [0.2, 0.25) is 0 Å². The number of aromatic nitrogens is 1. The maximum atomic E-state index is 13.4. The smallest absolute Gasteiger partial charge is 0.255 e. The van der Waals surface area contributed by atoms with Crippen LogP contribution in [0.4, 0.5) is 0 Å². The topological polar surface area (TPSA) is 83.7 Å². The van der Waals surface area contributed by atoms with Crippen molar-refractivity contribution < 1.29 is 17.7 Å². The van der Waals surface area contributed by atoms with Crippen LogP contribution >= 0.6 is 11.8 Å².